The third-order valence-corrected chi connectivity index (χ3v) is 3.96. The van der Waals surface area contributed by atoms with E-state index >= 15 is 0 Å². The minimum absolute atomic E-state index is 0.439. The number of hydrogen-bond donors (Lipinski definition) is 2. The molecule has 2 nitrogen and oxygen atoms in total. The van der Waals surface area contributed by atoms with Crippen LogP contribution in [-0.2, 0) is 0 Å². The molecule has 1 aliphatic rings. The molecule has 0 bridgehead atoms. The highest BCUT2D eigenvalue weighted by atomic mass is 35.5. The zero-order valence-electron chi connectivity index (χ0n) is 10.7. The summed E-state index contributed by atoms with van der Waals surface area (Å²) in [5, 5.41) is 14.3. The van der Waals surface area contributed by atoms with Crippen LogP contribution in [0.25, 0.3) is 0 Å². The lowest BCUT2D eigenvalue weighted by atomic mass is 10.1. The van der Waals surface area contributed by atoms with Gasteiger partial charge in [-0.05, 0) is 30.5 Å². The Bertz CT molecular complexity index is 344. The second kappa shape index (κ2) is 7.13. The summed E-state index contributed by atoms with van der Waals surface area (Å²) < 4.78 is 0. The third-order valence-electron chi connectivity index (χ3n) is 3.71. The van der Waals surface area contributed by atoms with Crippen molar-refractivity contribution in [2.75, 3.05) is 6.54 Å². The van der Waals surface area contributed by atoms with Crippen LogP contribution in [-0.4, -0.2) is 17.7 Å². The number of rotatable bonds is 4. The van der Waals surface area contributed by atoms with Crippen molar-refractivity contribution in [2.45, 2.75) is 50.7 Å². The summed E-state index contributed by atoms with van der Waals surface area (Å²) in [5.74, 6) is 0. The van der Waals surface area contributed by atoms with E-state index in [0.717, 1.165) is 5.56 Å². The first-order valence-electron chi connectivity index (χ1n) is 6.92. The third kappa shape index (κ3) is 4.27. The minimum atomic E-state index is -0.439. The molecular formula is C15H22ClNO. The van der Waals surface area contributed by atoms with Crippen LogP contribution < -0.4 is 5.32 Å². The van der Waals surface area contributed by atoms with E-state index in [0.29, 0.717) is 17.6 Å². The number of aliphatic hydroxyl groups excluding tert-OH is 1. The zero-order chi connectivity index (χ0) is 12.8. The number of benzene rings is 1. The fraction of sp³-hybridized carbons (Fsp3) is 0.600. The van der Waals surface area contributed by atoms with Crippen LogP contribution in [0.2, 0.25) is 5.02 Å². The standard InChI is InChI=1S/C15H22ClNO/c16-13-9-7-12(8-10-13)15(18)11-17-14-5-3-1-2-4-6-14/h7-10,14-15,17-18H,1-6,11H2. The highest BCUT2D eigenvalue weighted by molar-refractivity contribution is 6.30. The van der Waals surface area contributed by atoms with E-state index in [9.17, 15) is 5.11 Å². The van der Waals surface area contributed by atoms with E-state index in [2.05, 4.69) is 5.32 Å². The summed E-state index contributed by atoms with van der Waals surface area (Å²) in [5.41, 5.74) is 0.931. The Hall–Kier alpha value is -0.570. The van der Waals surface area contributed by atoms with Crippen molar-refractivity contribution >= 4 is 11.6 Å². The molecular weight excluding hydrogens is 246 g/mol. The Kier molecular flexibility index (Phi) is 5.48. The minimum Gasteiger partial charge on any atom is -0.387 e. The van der Waals surface area contributed by atoms with Gasteiger partial charge in [0.1, 0.15) is 0 Å². The summed E-state index contributed by atoms with van der Waals surface area (Å²) in [7, 11) is 0. The molecule has 1 unspecified atom stereocenters. The predicted octanol–water partition coefficient (Wildman–Crippen LogP) is 3.69. The van der Waals surface area contributed by atoms with E-state index in [1.165, 1.54) is 38.5 Å². The lowest BCUT2D eigenvalue weighted by molar-refractivity contribution is 0.168. The number of aliphatic hydroxyl groups is 1. The van der Waals surface area contributed by atoms with Crippen LogP contribution in [0.1, 0.15) is 50.2 Å². The lowest BCUT2D eigenvalue weighted by Crippen LogP contribution is -2.32. The Morgan fingerprint density at radius 2 is 1.72 bits per heavy atom. The van der Waals surface area contributed by atoms with Crippen molar-refractivity contribution in [3.8, 4) is 0 Å². The summed E-state index contributed by atoms with van der Waals surface area (Å²) in [4.78, 5) is 0. The SMILES string of the molecule is OC(CNC1CCCCCC1)c1ccc(Cl)cc1. The molecule has 100 valence electrons. The smallest absolute Gasteiger partial charge is 0.0914 e. The molecule has 1 aromatic carbocycles. The van der Waals surface area contributed by atoms with Gasteiger partial charge in [-0.15, -0.1) is 0 Å². The summed E-state index contributed by atoms with van der Waals surface area (Å²) in [6.07, 6.45) is 7.39. The normalized spacial score (nSPS) is 19.4. The maximum Gasteiger partial charge on any atom is 0.0914 e. The summed E-state index contributed by atoms with van der Waals surface area (Å²) >= 11 is 5.84. The lowest BCUT2D eigenvalue weighted by Gasteiger charge is -2.19. The van der Waals surface area contributed by atoms with Gasteiger partial charge in [0.2, 0.25) is 0 Å². The summed E-state index contributed by atoms with van der Waals surface area (Å²) in [6.45, 7) is 0.631. The van der Waals surface area contributed by atoms with Crippen molar-refractivity contribution in [3.63, 3.8) is 0 Å². The van der Waals surface area contributed by atoms with E-state index in [4.69, 9.17) is 11.6 Å². The second-order valence-electron chi connectivity index (χ2n) is 5.16. The van der Waals surface area contributed by atoms with Gasteiger partial charge in [-0.1, -0.05) is 49.4 Å². The molecule has 1 aromatic rings. The van der Waals surface area contributed by atoms with Crippen molar-refractivity contribution in [3.05, 3.63) is 34.9 Å². The monoisotopic (exact) mass is 267 g/mol. The van der Waals surface area contributed by atoms with Gasteiger partial charge in [-0.2, -0.15) is 0 Å². The molecule has 2 N–H and O–H groups in total. The first-order valence-corrected chi connectivity index (χ1v) is 7.30. The highest BCUT2D eigenvalue weighted by Gasteiger charge is 2.14. The van der Waals surface area contributed by atoms with Gasteiger partial charge >= 0.3 is 0 Å². The fourth-order valence-electron chi connectivity index (χ4n) is 2.56. The molecule has 1 saturated carbocycles. The number of halogens is 1. The van der Waals surface area contributed by atoms with Gasteiger partial charge in [0.25, 0.3) is 0 Å². The van der Waals surface area contributed by atoms with E-state index < -0.39 is 6.10 Å². The molecule has 3 heteroatoms. The van der Waals surface area contributed by atoms with Crippen LogP contribution in [0.4, 0.5) is 0 Å². The topological polar surface area (TPSA) is 32.3 Å². The zero-order valence-corrected chi connectivity index (χ0v) is 11.5. The molecule has 0 heterocycles. The maximum absolute atomic E-state index is 10.1. The predicted molar refractivity (Wildman–Crippen MR) is 75.9 cm³/mol. The van der Waals surface area contributed by atoms with Crippen LogP contribution in [0.3, 0.4) is 0 Å². The quantitative estimate of drug-likeness (QED) is 0.816. The molecule has 18 heavy (non-hydrogen) atoms. The average molecular weight is 268 g/mol. The molecule has 0 aliphatic heterocycles. The molecule has 0 spiro atoms. The van der Waals surface area contributed by atoms with Gasteiger partial charge in [-0.3, -0.25) is 0 Å². The molecule has 0 amide bonds. The van der Waals surface area contributed by atoms with E-state index in [1.54, 1.807) is 0 Å². The Balaban J connectivity index is 1.80. The van der Waals surface area contributed by atoms with Gasteiger partial charge in [-0.25, -0.2) is 0 Å². The van der Waals surface area contributed by atoms with Crippen LogP contribution >= 0.6 is 11.6 Å². The largest absolute Gasteiger partial charge is 0.387 e. The molecule has 1 atom stereocenters. The second-order valence-corrected chi connectivity index (χ2v) is 5.60. The van der Waals surface area contributed by atoms with Crippen molar-refractivity contribution in [1.29, 1.82) is 0 Å². The molecule has 1 aliphatic carbocycles. The maximum atomic E-state index is 10.1. The van der Waals surface area contributed by atoms with Crippen molar-refractivity contribution in [1.82, 2.24) is 5.32 Å². The van der Waals surface area contributed by atoms with Crippen LogP contribution in [0.15, 0.2) is 24.3 Å². The number of hydrogen-bond acceptors (Lipinski definition) is 2. The Morgan fingerprint density at radius 1 is 1.11 bits per heavy atom. The fourth-order valence-corrected chi connectivity index (χ4v) is 2.69. The first kappa shape index (κ1) is 13.9. The molecule has 1 fully saturated rings. The van der Waals surface area contributed by atoms with Crippen LogP contribution in [0.5, 0.6) is 0 Å². The van der Waals surface area contributed by atoms with Gasteiger partial charge in [0.15, 0.2) is 0 Å². The molecule has 0 aromatic heterocycles. The van der Waals surface area contributed by atoms with Crippen molar-refractivity contribution in [2.24, 2.45) is 0 Å². The molecule has 2 rings (SSSR count). The molecule has 0 saturated heterocycles. The Labute approximate surface area is 114 Å². The van der Waals surface area contributed by atoms with Crippen LogP contribution in [0, 0.1) is 0 Å². The van der Waals surface area contributed by atoms with Crippen molar-refractivity contribution < 1.29 is 5.11 Å². The molecule has 0 radical (unpaired) electrons. The van der Waals surface area contributed by atoms with Gasteiger partial charge in [0.05, 0.1) is 6.10 Å². The first-order chi connectivity index (χ1) is 8.75. The highest BCUT2D eigenvalue weighted by Crippen LogP contribution is 2.19. The van der Waals surface area contributed by atoms with E-state index in [1.807, 2.05) is 24.3 Å². The van der Waals surface area contributed by atoms with E-state index in [-0.39, 0.29) is 0 Å². The summed E-state index contributed by atoms with van der Waals surface area (Å²) in [6, 6.07) is 8.01. The number of nitrogens with one attached hydrogen (secondary N) is 1. The Morgan fingerprint density at radius 3 is 2.33 bits per heavy atom. The van der Waals surface area contributed by atoms with Gasteiger partial charge in [0, 0.05) is 17.6 Å². The van der Waals surface area contributed by atoms with Gasteiger partial charge < -0.3 is 10.4 Å². The average Bonchev–Trinajstić information content (AvgIpc) is 2.65.